The number of nitrogens with zero attached hydrogens (tertiary/aromatic N) is 2. The zero-order chi connectivity index (χ0) is 27.8. The van der Waals surface area contributed by atoms with Gasteiger partial charge in [-0.25, -0.2) is 0 Å². The van der Waals surface area contributed by atoms with Gasteiger partial charge in [-0.05, 0) is 54.2 Å². The van der Waals surface area contributed by atoms with Crippen LogP contribution in [0.1, 0.15) is 47.1 Å². The van der Waals surface area contributed by atoms with Gasteiger partial charge in [0.15, 0.2) is 0 Å². The molecule has 0 radical (unpaired) electrons. The highest BCUT2D eigenvalue weighted by molar-refractivity contribution is 5.35. The summed E-state index contributed by atoms with van der Waals surface area (Å²) in [6.07, 6.45) is -8.82. The molecule has 2 aliphatic rings. The van der Waals surface area contributed by atoms with Gasteiger partial charge in [0.2, 0.25) is 0 Å². The predicted octanol–water partition coefficient (Wildman–Crippen LogP) is 7.71. The van der Waals surface area contributed by atoms with Crippen molar-refractivity contribution in [2.24, 2.45) is 5.92 Å². The number of rotatable bonds is 6. The molecule has 0 N–H and O–H groups in total. The van der Waals surface area contributed by atoms with Crippen LogP contribution in [0.15, 0.2) is 78.9 Å². The van der Waals surface area contributed by atoms with Crippen molar-refractivity contribution in [2.75, 3.05) is 0 Å². The van der Waals surface area contributed by atoms with Gasteiger partial charge < -0.3 is 4.74 Å². The smallest absolute Gasteiger partial charge is 0.371 e. The lowest BCUT2D eigenvalue weighted by atomic mass is 9.78. The molecule has 0 spiro atoms. The number of piperidine rings is 1. The summed E-state index contributed by atoms with van der Waals surface area (Å²) in [4.78, 5) is 2.26. The number of fused-ring (bicyclic) bond motifs is 2. The first-order valence-electron chi connectivity index (χ1n) is 12.7. The molecule has 2 aliphatic heterocycles. The van der Waals surface area contributed by atoms with Crippen LogP contribution >= 0.6 is 0 Å². The summed E-state index contributed by atoms with van der Waals surface area (Å²) in [6, 6.07) is 23.2. The summed E-state index contributed by atoms with van der Waals surface area (Å²) in [5, 5.41) is 10.0. The standard InChI is InChI=1S/C30H26F6N2O/c31-29(32,33)24-13-21(14-25(15-24)30(34,35)36)19-39-27-12-11-26-22(17-37)16-28(27,23-9-5-2-6-10-23)38(26)18-20-7-3-1-4-8-20/h1-10,13-15,22,26-27H,11-12,16,18-19H2/t22-,26-,27+,28+/m0/s1. The number of hydrogen-bond acceptors (Lipinski definition) is 3. The van der Waals surface area contributed by atoms with Crippen LogP contribution in [0, 0.1) is 17.2 Å². The first kappa shape index (κ1) is 27.2. The Morgan fingerprint density at radius 3 is 1.97 bits per heavy atom. The van der Waals surface area contributed by atoms with E-state index in [2.05, 4.69) is 11.0 Å². The minimum Gasteiger partial charge on any atom is -0.371 e. The van der Waals surface area contributed by atoms with Gasteiger partial charge in [0.05, 0.1) is 41.4 Å². The van der Waals surface area contributed by atoms with Gasteiger partial charge in [-0.2, -0.15) is 31.6 Å². The Morgan fingerprint density at radius 2 is 1.41 bits per heavy atom. The summed E-state index contributed by atoms with van der Waals surface area (Å²) < 4.78 is 86.8. The van der Waals surface area contributed by atoms with Crippen LogP contribution in [0.25, 0.3) is 0 Å². The highest BCUT2D eigenvalue weighted by atomic mass is 19.4. The maximum Gasteiger partial charge on any atom is 0.416 e. The fourth-order valence-electron chi connectivity index (χ4n) is 6.22. The molecular formula is C30H26F6N2O. The highest BCUT2D eigenvalue weighted by Gasteiger charge is 2.59. The minimum atomic E-state index is -4.93. The van der Waals surface area contributed by atoms with Crippen molar-refractivity contribution in [3.05, 3.63) is 107 Å². The lowest BCUT2D eigenvalue weighted by molar-refractivity contribution is -0.143. The summed E-state index contributed by atoms with van der Waals surface area (Å²) in [5.74, 6) is -0.298. The Hall–Kier alpha value is -3.35. The van der Waals surface area contributed by atoms with Crippen molar-refractivity contribution >= 4 is 0 Å². The van der Waals surface area contributed by atoms with Gasteiger partial charge in [-0.3, -0.25) is 4.90 Å². The molecule has 0 saturated carbocycles. The van der Waals surface area contributed by atoms with Gasteiger partial charge in [-0.15, -0.1) is 0 Å². The molecule has 3 aromatic carbocycles. The van der Waals surface area contributed by atoms with E-state index in [1.54, 1.807) is 0 Å². The van der Waals surface area contributed by atoms with Crippen molar-refractivity contribution in [1.82, 2.24) is 4.90 Å². The normalized spacial score (nSPS) is 25.4. The van der Waals surface area contributed by atoms with E-state index >= 15 is 0 Å². The molecule has 9 heteroatoms. The van der Waals surface area contributed by atoms with Gasteiger partial charge in [0, 0.05) is 12.6 Å². The minimum absolute atomic E-state index is 0.0550. The highest BCUT2D eigenvalue weighted by Crippen LogP contribution is 2.55. The second-order valence-corrected chi connectivity index (χ2v) is 10.2. The number of nitriles is 1. The molecule has 2 fully saturated rings. The van der Waals surface area contributed by atoms with E-state index in [-0.39, 0.29) is 23.6 Å². The summed E-state index contributed by atoms with van der Waals surface area (Å²) >= 11 is 0. The van der Waals surface area contributed by atoms with Crippen molar-refractivity contribution in [3.8, 4) is 6.07 Å². The summed E-state index contributed by atoms with van der Waals surface area (Å²) in [6.45, 7) is 0.105. The lowest BCUT2D eigenvalue weighted by Gasteiger charge is -2.50. The van der Waals surface area contributed by atoms with Crippen LogP contribution in [0.2, 0.25) is 0 Å². The monoisotopic (exact) mass is 544 g/mol. The van der Waals surface area contributed by atoms with Crippen molar-refractivity contribution in [2.45, 2.75) is 62.5 Å². The summed E-state index contributed by atoms with van der Waals surface area (Å²) in [7, 11) is 0. The van der Waals surface area contributed by atoms with E-state index in [1.807, 2.05) is 60.7 Å². The van der Waals surface area contributed by atoms with E-state index in [4.69, 9.17) is 4.74 Å². The number of benzene rings is 3. The van der Waals surface area contributed by atoms with Gasteiger partial charge >= 0.3 is 12.4 Å². The molecule has 2 heterocycles. The van der Waals surface area contributed by atoms with Crippen LogP contribution in [0.3, 0.4) is 0 Å². The number of ether oxygens (including phenoxy) is 1. The fourth-order valence-corrected chi connectivity index (χ4v) is 6.22. The third kappa shape index (κ3) is 5.28. The molecule has 39 heavy (non-hydrogen) atoms. The van der Waals surface area contributed by atoms with Crippen LogP contribution < -0.4 is 0 Å². The van der Waals surface area contributed by atoms with E-state index in [0.29, 0.717) is 37.9 Å². The predicted molar refractivity (Wildman–Crippen MR) is 132 cm³/mol. The maximum atomic E-state index is 13.4. The Kier molecular flexibility index (Phi) is 7.21. The zero-order valence-corrected chi connectivity index (χ0v) is 20.8. The summed E-state index contributed by atoms with van der Waals surface area (Å²) in [5.41, 5.74) is -1.76. The third-order valence-corrected chi connectivity index (χ3v) is 7.90. The second kappa shape index (κ2) is 10.3. The molecule has 5 rings (SSSR count). The van der Waals surface area contributed by atoms with Gasteiger partial charge in [-0.1, -0.05) is 60.7 Å². The zero-order valence-electron chi connectivity index (χ0n) is 20.8. The fraction of sp³-hybridized carbons (Fsp3) is 0.367. The van der Waals surface area contributed by atoms with Gasteiger partial charge in [0.1, 0.15) is 0 Å². The lowest BCUT2D eigenvalue weighted by Crippen LogP contribution is -2.56. The quantitative estimate of drug-likeness (QED) is 0.298. The van der Waals surface area contributed by atoms with E-state index in [0.717, 1.165) is 11.1 Å². The van der Waals surface area contributed by atoms with Crippen molar-refractivity contribution in [1.29, 1.82) is 5.26 Å². The molecule has 4 atom stereocenters. The topological polar surface area (TPSA) is 36.3 Å². The Bertz CT molecular complexity index is 1300. The number of alkyl halides is 6. The van der Waals surface area contributed by atoms with Crippen LogP contribution in [-0.2, 0) is 35.8 Å². The van der Waals surface area contributed by atoms with E-state index < -0.39 is 41.7 Å². The second-order valence-electron chi connectivity index (χ2n) is 10.2. The Labute approximate surface area is 222 Å². The number of hydrogen-bond donors (Lipinski definition) is 0. The Morgan fingerprint density at radius 1 is 0.821 bits per heavy atom. The first-order valence-corrected chi connectivity index (χ1v) is 12.7. The average Bonchev–Trinajstić information content (AvgIpc) is 3.11. The molecule has 0 aromatic heterocycles. The molecule has 2 bridgehead atoms. The first-order chi connectivity index (χ1) is 18.5. The van der Waals surface area contributed by atoms with Crippen molar-refractivity contribution in [3.63, 3.8) is 0 Å². The number of halogens is 6. The van der Waals surface area contributed by atoms with E-state index in [9.17, 15) is 31.6 Å². The van der Waals surface area contributed by atoms with Crippen LogP contribution in [0.5, 0.6) is 0 Å². The largest absolute Gasteiger partial charge is 0.416 e. The molecule has 3 nitrogen and oxygen atoms in total. The molecule has 3 aromatic rings. The molecule has 0 amide bonds. The Balaban J connectivity index is 1.53. The van der Waals surface area contributed by atoms with Crippen LogP contribution in [-0.4, -0.2) is 17.0 Å². The molecule has 0 aliphatic carbocycles. The third-order valence-electron chi connectivity index (χ3n) is 7.90. The molecular weight excluding hydrogens is 518 g/mol. The van der Waals surface area contributed by atoms with Crippen molar-refractivity contribution < 1.29 is 31.1 Å². The molecule has 204 valence electrons. The molecule has 0 unspecified atom stereocenters. The van der Waals surface area contributed by atoms with Gasteiger partial charge in [0.25, 0.3) is 0 Å². The van der Waals surface area contributed by atoms with Crippen LogP contribution in [0.4, 0.5) is 26.3 Å². The van der Waals surface area contributed by atoms with E-state index in [1.165, 1.54) is 0 Å². The average molecular weight is 545 g/mol. The molecule has 2 saturated heterocycles. The SMILES string of the molecule is N#C[C@@H]1C[C@@]2(c3ccccc3)[C@H](OCc3cc(C(F)(F)F)cc(C(F)(F)F)c3)CC[C@@H]1N2Cc1ccccc1. The maximum absolute atomic E-state index is 13.4.